The number of anilines is 3. The number of carbonyl (C=O) groups excluding carboxylic acids is 2. The number of hydrogen-bond acceptors (Lipinski definition) is 7. The Morgan fingerprint density at radius 3 is 2.50 bits per heavy atom. The van der Waals surface area contributed by atoms with E-state index in [0.29, 0.717) is 32.0 Å². The van der Waals surface area contributed by atoms with Crippen LogP contribution in [0.25, 0.3) is 0 Å². The highest BCUT2D eigenvalue weighted by molar-refractivity contribution is 6.03. The molecule has 3 aliphatic heterocycles. The van der Waals surface area contributed by atoms with Crippen LogP contribution in [0.15, 0.2) is 59.1 Å². The molecule has 2 aromatic rings. The van der Waals surface area contributed by atoms with Crippen molar-refractivity contribution in [3.63, 3.8) is 0 Å². The molecule has 1 atom stereocenters. The summed E-state index contributed by atoms with van der Waals surface area (Å²) in [5.41, 5.74) is -1.09. The third kappa shape index (κ3) is 8.07. The monoisotopic (exact) mass is 645 g/mol. The average Bonchev–Trinajstić information content (AvgIpc) is 3.66. The van der Waals surface area contributed by atoms with Crippen molar-refractivity contribution in [1.29, 1.82) is 0 Å². The summed E-state index contributed by atoms with van der Waals surface area (Å²) in [6.07, 6.45) is 8.63. The van der Waals surface area contributed by atoms with Gasteiger partial charge >= 0.3 is 12.2 Å². The lowest BCUT2D eigenvalue weighted by atomic mass is 9.78. The standard InChI is InChI=1S/C32H39F4N7O3/c1-22-7-6-15-42(20-22)30-40-27(32(34,35)36)26(46-30)28(44)39-24-9-10-25(38-19-24)41-16-11-31(12-17-41)13-18-43(21-31)29(45)37-14-5-3-4-8-23(2)33/h3-5,8-10,14,19,22H,6-7,11-13,15-18,20-21H2,1-2H3,(H,37,45)(H,39,44)/b4-3-,14-5+,23-8+. The molecule has 3 saturated heterocycles. The Morgan fingerprint density at radius 1 is 1.07 bits per heavy atom. The Bertz CT molecular complexity index is 1470. The van der Waals surface area contributed by atoms with Crippen molar-refractivity contribution in [1.82, 2.24) is 20.2 Å². The Balaban J connectivity index is 1.14. The highest BCUT2D eigenvalue weighted by Gasteiger charge is 2.43. The number of likely N-dealkylation sites (tertiary alicyclic amines) is 1. The Hall–Kier alpha value is -4.36. The molecular weight excluding hydrogens is 606 g/mol. The zero-order valence-electron chi connectivity index (χ0n) is 25.9. The van der Waals surface area contributed by atoms with Crippen LogP contribution in [0.2, 0.25) is 0 Å². The summed E-state index contributed by atoms with van der Waals surface area (Å²) in [5.74, 6) is -1.25. The number of nitrogens with zero attached hydrogens (tertiary/aromatic N) is 5. The maximum absolute atomic E-state index is 13.8. The Kier molecular flexibility index (Phi) is 10.0. The molecule has 0 aliphatic carbocycles. The second kappa shape index (κ2) is 14.0. The maximum atomic E-state index is 13.8. The van der Waals surface area contributed by atoms with Gasteiger partial charge in [-0.05, 0) is 74.6 Å². The fourth-order valence-electron chi connectivity index (χ4n) is 6.23. The number of alkyl halides is 3. The molecule has 1 spiro atoms. The van der Waals surface area contributed by atoms with Crippen LogP contribution in [-0.2, 0) is 6.18 Å². The van der Waals surface area contributed by atoms with Crippen LogP contribution in [0.5, 0.6) is 0 Å². The predicted molar refractivity (Wildman–Crippen MR) is 166 cm³/mol. The third-order valence-corrected chi connectivity index (χ3v) is 8.75. The summed E-state index contributed by atoms with van der Waals surface area (Å²) in [5, 5.41) is 5.22. The summed E-state index contributed by atoms with van der Waals surface area (Å²) in [6.45, 7) is 7.14. The second-order valence-corrected chi connectivity index (χ2v) is 12.3. The number of pyridine rings is 1. The molecule has 3 aliphatic rings. The van der Waals surface area contributed by atoms with E-state index in [2.05, 4.69) is 25.5 Å². The molecule has 0 bridgehead atoms. The van der Waals surface area contributed by atoms with E-state index in [1.807, 2.05) is 6.92 Å². The highest BCUT2D eigenvalue weighted by Crippen LogP contribution is 2.41. The van der Waals surface area contributed by atoms with Crippen molar-refractivity contribution in [2.75, 3.05) is 54.4 Å². The Labute approximate surface area is 265 Å². The van der Waals surface area contributed by atoms with Gasteiger partial charge in [-0.1, -0.05) is 19.1 Å². The first-order valence-corrected chi connectivity index (χ1v) is 15.5. The van der Waals surface area contributed by atoms with E-state index in [1.54, 1.807) is 40.2 Å². The number of allylic oxidation sites excluding steroid dienone is 5. The number of halogens is 4. The molecular formula is C32H39F4N7O3. The van der Waals surface area contributed by atoms with Gasteiger partial charge in [-0.3, -0.25) is 4.79 Å². The van der Waals surface area contributed by atoms with Crippen molar-refractivity contribution >= 4 is 29.5 Å². The minimum Gasteiger partial charge on any atom is -0.417 e. The van der Waals surface area contributed by atoms with E-state index in [1.165, 1.54) is 25.4 Å². The van der Waals surface area contributed by atoms with Crippen LogP contribution in [0.1, 0.15) is 62.2 Å². The number of nitrogens with one attached hydrogen (secondary N) is 2. The molecule has 2 N–H and O–H groups in total. The summed E-state index contributed by atoms with van der Waals surface area (Å²) < 4.78 is 59.4. The van der Waals surface area contributed by atoms with Gasteiger partial charge in [0, 0.05) is 45.5 Å². The van der Waals surface area contributed by atoms with E-state index in [9.17, 15) is 27.2 Å². The minimum atomic E-state index is -4.85. The summed E-state index contributed by atoms with van der Waals surface area (Å²) in [4.78, 5) is 39.2. The SMILES string of the molecule is C\C(F)=C/C=C\C=C\NC(=O)N1CCC2(CCN(c3ccc(NC(=O)c4oc(N5CCCC(C)C5)nc4C(F)(F)F)cn3)CC2)C1. The summed E-state index contributed by atoms with van der Waals surface area (Å²) in [7, 11) is 0. The first kappa shape index (κ1) is 33.0. The van der Waals surface area contributed by atoms with Gasteiger partial charge in [0.25, 0.3) is 11.9 Å². The molecule has 0 radical (unpaired) electrons. The van der Waals surface area contributed by atoms with Crippen molar-refractivity contribution in [2.24, 2.45) is 11.3 Å². The van der Waals surface area contributed by atoms with E-state index in [-0.39, 0.29) is 34.9 Å². The molecule has 3 fully saturated rings. The minimum absolute atomic E-state index is 0.0210. The van der Waals surface area contributed by atoms with Gasteiger partial charge in [0.05, 0.1) is 17.7 Å². The molecule has 1 unspecified atom stereocenters. The van der Waals surface area contributed by atoms with Gasteiger partial charge in [0.15, 0.2) is 5.69 Å². The first-order valence-electron chi connectivity index (χ1n) is 15.5. The highest BCUT2D eigenvalue weighted by atomic mass is 19.4. The van der Waals surface area contributed by atoms with Crippen LogP contribution >= 0.6 is 0 Å². The third-order valence-electron chi connectivity index (χ3n) is 8.75. The average molecular weight is 646 g/mol. The van der Waals surface area contributed by atoms with Crippen LogP contribution in [0, 0.1) is 11.3 Å². The van der Waals surface area contributed by atoms with Crippen molar-refractivity contribution in [2.45, 2.75) is 52.1 Å². The number of rotatable bonds is 7. The predicted octanol–water partition coefficient (Wildman–Crippen LogP) is 6.52. The molecule has 248 valence electrons. The molecule has 0 saturated carbocycles. The quantitative estimate of drug-likeness (QED) is 0.261. The summed E-state index contributed by atoms with van der Waals surface area (Å²) in [6, 6.07) is 2.94. The van der Waals surface area contributed by atoms with Gasteiger partial charge in [0.1, 0.15) is 5.82 Å². The lowest BCUT2D eigenvalue weighted by molar-refractivity contribution is -0.141. The number of carbonyl (C=O) groups is 2. The lowest BCUT2D eigenvalue weighted by Crippen LogP contribution is -2.43. The molecule has 5 heterocycles. The normalized spacial score (nSPS) is 20.7. The van der Waals surface area contributed by atoms with Crippen molar-refractivity contribution in [3.05, 3.63) is 66.1 Å². The van der Waals surface area contributed by atoms with Crippen LogP contribution in [-0.4, -0.2) is 66.1 Å². The first-order chi connectivity index (χ1) is 21.9. The van der Waals surface area contributed by atoms with Gasteiger partial charge in [-0.15, -0.1) is 0 Å². The van der Waals surface area contributed by atoms with Gasteiger partial charge in [-0.2, -0.15) is 18.2 Å². The molecule has 46 heavy (non-hydrogen) atoms. The number of aromatic nitrogens is 2. The number of amides is 3. The molecule has 3 amide bonds. The smallest absolute Gasteiger partial charge is 0.417 e. The van der Waals surface area contributed by atoms with Gasteiger partial charge in [0.2, 0.25) is 5.76 Å². The molecule has 5 rings (SSSR count). The topological polar surface area (TPSA) is 107 Å². The van der Waals surface area contributed by atoms with Crippen LogP contribution < -0.4 is 20.4 Å². The van der Waals surface area contributed by atoms with Crippen LogP contribution in [0.3, 0.4) is 0 Å². The van der Waals surface area contributed by atoms with E-state index in [4.69, 9.17) is 4.42 Å². The fraction of sp³-hybridized carbons (Fsp3) is 0.500. The lowest BCUT2D eigenvalue weighted by Gasteiger charge is -2.39. The number of piperidine rings is 2. The Morgan fingerprint density at radius 2 is 1.83 bits per heavy atom. The zero-order valence-corrected chi connectivity index (χ0v) is 25.9. The van der Waals surface area contributed by atoms with Crippen molar-refractivity contribution < 1.29 is 31.6 Å². The van der Waals surface area contributed by atoms with E-state index < -0.39 is 23.5 Å². The van der Waals surface area contributed by atoms with Gasteiger partial charge in [-0.25, -0.2) is 14.2 Å². The maximum Gasteiger partial charge on any atom is 0.437 e. The molecule has 10 nitrogen and oxygen atoms in total. The van der Waals surface area contributed by atoms with E-state index in [0.717, 1.165) is 45.2 Å². The molecule has 0 aromatic carbocycles. The zero-order chi connectivity index (χ0) is 32.9. The second-order valence-electron chi connectivity index (χ2n) is 12.3. The van der Waals surface area contributed by atoms with E-state index >= 15 is 0 Å². The summed E-state index contributed by atoms with van der Waals surface area (Å²) >= 11 is 0. The number of hydrogen-bond donors (Lipinski definition) is 2. The number of urea groups is 1. The van der Waals surface area contributed by atoms with Crippen molar-refractivity contribution in [3.8, 4) is 0 Å². The van der Waals surface area contributed by atoms with Crippen LogP contribution in [0.4, 0.5) is 39.9 Å². The van der Waals surface area contributed by atoms with Gasteiger partial charge < -0.3 is 29.8 Å². The molecule has 2 aromatic heterocycles. The fourth-order valence-corrected chi connectivity index (χ4v) is 6.23. The molecule has 14 heteroatoms. The largest absolute Gasteiger partial charge is 0.437 e. The number of oxazole rings is 1.